The Bertz CT molecular complexity index is 167. The maximum Gasteiger partial charge on any atom is 0.113 e. The monoisotopic (exact) mass is 200 g/mol. The van der Waals surface area contributed by atoms with Crippen LogP contribution in [0.2, 0.25) is 0 Å². The average Bonchev–Trinajstić information content (AvgIpc) is 2.44. The number of ether oxygens (including phenoxy) is 4. The summed E-state index contributed by atoms with van der Waals surface area (Å²) >= 11 is 0. The zero-order chi connectivity index (χ0) is 10.6. The topological polar surface area (TPSA) is 36.9 Å². The summed E-state index contributed by atoms with van der Waals surface area (Å²) in [6, 6.07) is -0.431. The van der Waals surface area contributed by atoms with E-state index in [1.165, 1.54) is 0 Å². The van der Waals surface area contributed by atoms with Crippen molar-refractivity contribution in [2.45, 2.75) is 31.2 Å². The molecule has 0 aromatic heterocycles. The summed E-state index contributed by atoms with van der Waals surface area (Å²) in [6.07, 6.45) is -0.494. The van der Waals surface area contributed by atoms with Gasteiger partial charge >= 0.3 is 0 Å². The molecule has 0 N–H and O–H groups in total. The molecular weight excluding hydrogens is 183 g/mol. The highest BCUT2D eigenvalue weighted by molar-refractivity contribution is 6.11. The molecule has 80 valence electrons. The van der Waals surface area contributed by atoms with E-state index < -0.39 is 6.00 Å². The largest absolute Gasteiger partial charge is 0.382 e. The first-order valence-corrected chi connectivity index (χ1v) is 4.79. The molecule has 0 aromatic carbocycles. The lowest BCUT2D eigenvalue weighted by molar-refractivity contribution is -0.0534. The molecule has 0 aromatic rings. The molecule has 0 saturated carbocycles. The van der Waals surface area contributed by atoms with Crippen LogP contribution in [0, 0.1) is 0 Å². The fourth-order valence-corrected chi connectivity index (χ4v) is 1.72. The summed E-state index contributed by atoms with van der Waals surface area (Å²) in [4.78, 5) is 0. The van der Waals surface area contributed by atoms with E-state index in [0.29, 0.717) is 13.2 Å². The highest BCUT2D eigenvalue weighted by Gasteiger charge is 2.42. The van der Waals surface area contributed by atoms with Crippen LogP contribution < -0.4 is 0 Å². The van der Waals surface area contributed by atoms with Gasteiger partial charge < -0.3 is 18.9 Å². The SMILES string of the molecule is [B][C@@H]1O[C@H](COC)[C@@H](OC)[C@@H]1OCC. The van der Waals surface area contributed by atoms with E-state index in [0.717, 1.165) is 0 Å². The van der Waals surface area contributed by atoms with E-state index >= 15 is 0 Å². The Morgan fingerprint density at radius 2 is 2.00 bits per heavy atom. The van der Waals surface area contributed by atoms with Gasteiger partial charge in [-0.05, 0) is 6.92 Å². The van der Waals surface area contributed by atoms with Gasteiger partial charge in [-0.15, -0.1) is 0 Å². The first-order chi connectivity index (χ1) is 6.74. The average molecular weight is 200 g/mol. The molecule has 0 spiro atoms. The van der Waals surface area contributed by atoms with Crippen molar-refractivity contribution in [3.63, 3.8) is 0 Å². The Morgan fingerprint density at radius 3 is 2.50 bits per heavy atom. The van der Waals surface area contributed by atoms with E-state index in [1.807, 2.05) is 6.92 Å². The molecule has 1 heterocycles. The van der Waals surface area contributed by atoms with Gasteiger partial charge in [0.15, 0.2) is 0 Å². The molecule has 0 bridgehead atoms. The quantitative estimate of drug-likeness (QED) is 0.583. The van der Waals surface area contributed by atoms with Crippen molar-refractivity contribution in [1.29, 1.82) is 0 Å². The molecule has 1 saturated heterocycles. The molecule has 14 heavy (non-hydrogen) atoms. The number of rotatable bonds is 5. The Morgan fingerprint density at radius 1 is 1.29 bits per heavy atom. The van der Waals surface area contributed by atoms with Crippen LogP contribution >= 0.6 is 0 Å². The highest BCUT2D eigenvalue weighted by atomic mass is 16.6. The number of hydrogen-bond acceptors (Lipinski definition) is 4. The van der Waals surface area contributed by atoms with Gasteiger partial charge in [0.1, 0.15) is 26.2 Å². The summed E-state index contributed by atoms with van der Waals surface area (Å²) in [5.41, 5.74) is 0. The van der Waals surface area contributed by atoms with Gasteiger partial charge in [0.25, 0.3) is 0 Å². The van der Waals surface area contributed by atoms with Crippen LogP contribution in [0.1, 0.15) is 6.92 Å². The summed E-state index contributed by atoms with van der Waals surface area (Å²) in [7, 11) is 9.02. The van der Waals surface area contributed by atoms with Crippen molar-refractivity contribution < 1.29 is 18.9 Å². The fourth-order valence-electron chi connectivity index (χ4n) is 1.72. The van der Waals surface area contributed by atoms with Crippen molar-refractivity contribution in [3.05, 3.63) is 0 Å². The molecule has 0 aliphatic carbocycles. The molecule has 1 rings (SSSR count). The minimum atomic E-state index is -0.431. The molecule has 5 heteroatoms. The third-order valence-corrected chi connectivity index (χ3v) is 2.31. The normalized spacial score (nSPS) is 37.6. The highest BCUT2D eigenvalue weighted by Crippen LogP contribution is 2.24. The van der Waals surface area contributed by atoms with E-state index in [4.69, 9.17) is 26.8 Å². The van der Waals surface area contributed by atoms with Gasteiger partial charge in [-0.2, -0.15) is 0 Å². The Hall–Kier alpha value is -0.0951. The van der Waals surface area contributed by atoms with Crippen LogP contribution in [0.25, 0.3) is 0 Å². The smallest absolute Gasteiger partial charge is 0.113 e. The van der Waals surface area contributed by atoms with Crippen molar-refractivity contribution in [1.82, 2.24) is 0 Å². The molecule has 2 radical (unpaired) electrons. The maximum absolute atomic E-state index is 5.77. The summed E-state index contributed by atoms with van der Waals surface area (Å²) in [6.45, 7) is 2.99. The van der Waals surface area contributed by atoms with Crippen molar-refractivity contribution in [2.75, 3.05) is 27.4 Å². The predicted molar refractivity (Wildman–Crippen MR) is 52.5 cm³/mol. The predicted octanol–water partition coefficient (Wildman–Crippen LogP) is -0.0537. The summed E-state index contributed by atoms with van der Waals surface area (Å²) in [5.74, 6) is 0. The minimum Gasteiger partial charge on any atom is -0.382 e. The van der Waals surface area contributed by atoms with Crippen LogP contribution in [0.5, 0.6) is 0 Å². The van der Waals surface area contributed by atoms with E-state index in [1.54, 1.807) is 14.2 Å². The van der Waals surface area contributed by atoms with Crippen LogP contribution in [0.3, 0.4) is 0 Å². The Balaban J connectivity index is 2.57. The van der Waals surface area contributed by atoms with Crippen molar-refractivity contribution in [3.8, 4) is 0 Å². The van der Waals surface area contributed by atoms with Crippen LogP contribution in [0.4, 0.5) is 0 Å². The fraction of sp³-hybridized carbons (Fsp3) is 1.00. The molecular formula is C9H17BO4. The van der Waals surface area contributed by atoms with E-state index in [9.17, 15) is 0 Å². The van der Waals surface area contributed by atoms with E-state index in [-0.39, 0.29) is 18.3 Å². The van der Waals surface area contributed by atoms with Gasteiger partial charge in [0.2, 0.25) is 0 Å². The minimum absolute atomic E-state index is 0.142. The first-order valence-electron chi connectivity index (χ1n) is 4.79. The second-order valence-electron chi connectivity index (χ2n) is 3.21. The second kappa shape index (κ2) is 5.71. The zero-order valence-electron chi connectivity index (χ0n) is 8.93. The molecule has 4 atom stereocenters. The van der Waals surface area contributed by atoms with Gasteiger partial charge in [-0.25, -0.2) is 0 Å². The maximum atomic E-state index is 5.77. The molecule has 1 fully saturated rings. The summed E-state index contributed by atoms with van der Waals surface area (Å²) < 4.78 is 21.3. The van der Waals surface area contributed by atoms with Crippen molar-refractivity contribution in [2.24, 2.45) is 0 Å². The van der Waals surface area contributed by atoms with E-state index in [2.05, 4.69) is 0 Å². The summed E-state index contributed by atoms with van der Waals surface area (Å²) in [5, 5.41) is 0. The van der Waals surface area contributed by atoms with Gasteiger partial charge in [-0.3, -0.25) is 0 Å². The number of methoxy groups -OCH3 is 2. The lowest BCUT2D eigenvalue weighted by Gasteiger charge is -2.21. The lowest BCUT2D eigenvalue weighted by Crippen LogP contribution is -2.38. The van der Waals surface area contributed by atoms with Crippen LogP contribution in [0.15, 0.2) is 0 Å². The van der Waals surface area contributed by atoms with Crippen LogP contribution in [-0.2, 0) is 18.9 Å². The van der Waals surface area contributed by atoms with Gasteiger partial charge in [-0.1, -0.05) is 0 Å². The third kappa shape index (κ3) is 2.48. The first kappa shape index (κ1) is 12.0. The molecule has 0 amide bonds. The number of hydrogen-bond donors (Lipinski definition) is 0. The Labute approximate surface area is 86.3 Å². The van der Waals surface area contributed by atoms with Crippen LogP contribution in [-0.4, -0.2) is 59.6 Å². The van der Waals surface area contributed by atoms with Gasteiger partial charge in [0, 0.05) is 26.8 Å². The lowest BCUT2D eigenvalue weighted by atomic mass is 9.93. The third-order valence-electron chi connectivity index (χ3n) is 2.31. The zero-order valence-corrected chi connectivity index (χ0v) is 8.93. The molecule has 1 aliphatic rings. The second-order valence-corrected chi connectivity index (χ2v) is 3.21. The molecule has 0 unspecified atom stereocenters. The molecule has 1 aliphatic heterocycles. The standard InChI is InChI=1S/C9H17BO4/c1-4-13-8-7(12-3)6(5-11-2)14-9(8)10/h6-9H,4-5H2,1-3H3/t6-,7-,8+,9-/m1/s1. The Kier molecular flexibility index (Phi) is 4.88. The van der Waals surface area contributed by atoms with Crippen molar-refractivity contribution >= 4 is 7.85 Å². The van der Waals surface area contributed by atoms with Gasteiger partial charge in [0.05, 0.1) is 6.61 Å². The molecule has 4 nitrogen and oxygen atoms in total.